The van der Waals surface area contributed by atoms with E-state index in [1.54, 1.807) is 41.9 Å². The highest BCUT2D eigenvalue weighted by atomic mass is 32.2. The van der Waals surface area contributed by atoms with E-state index in [2.05, 4.69) is 4.72 Å². The lowest BCUT2D eigenvalue weighted by Crippen LogP contribution is -2.16. The lowest BCUT2D eigenvalue weighted by Gasteiger charge is -2.12. The number of sulfonamides is 1. The van der Waals surface area contributed by atoms with Gasteiger partial charge >= 0.3 is 0 Å². The van der Waals surface area contributed by atoms with E-state index < -0.39 is 15.9 Å². The molecule has 3 aromatic rings. The smallest absolute Gasteiger partial charge is 0.267 e. The van der Waals surface area contributed by atoms with Gasteiger partial charge in [-0.2, -0.15) is 0 Å². The van der Waals surface area contributed by atoms with Crippen molar-refractivity contribution in [1.29, 1.82) is 0 Å². The quantitative estimate of drug-likeness (QED) is 0.306. The fraction of sp³-hybridized carbons (Fsp3) is 0.0455. The number of hydroxylamine groups is 1. The van der Waals surface area contributed by atoms with Crippen LogP contribution in [0.25, 0.3) is 5.57 Å². The molecule has 0 aromatic heterocycles. The van der Waals surface area contributed by atoms with E-state index in [9.17, 15) is 13.2 Å². The monoisotopic (exact) mass is 424 g/mol. The van der Waals surface area contributed by atoms with E-state index in [4.69, 9.17) is 9.94 Å². The van der Waals surface area contributed by atoms with Crippen LogP contribution in [-0.2, 0) is 14.8 Å². The zero-order valence-electron chi connectivity index (χ0n) is 16.1. The Morgan fingerprint density at radius 1 is 0.933 bits per heavy atom. The van der Waals surface area contributed by atoms with Crippen LogP contribution < -0.4 is 14.9 Å². The van der Waals surface area contributed by atoms with Crippen LogP contribution in [0.2, 0.25) is 0 Å². The lowest BCUT2D eigenvalue weighted by atomic mass is 9.97. The van der Waals surface area contributed by atoms with Crippen LogP contribution in [0.4, 0.5) is 5.69 Å². The van der Waals surface area contributed by atoms with Gasteiger partial charge in [0.1, 0.15) is 5.75 Å². The molecule has 3 N–H and O–H groups in total. The number of carbonyl (C=O) groups excluding carboxylic acids is 1. The summed E-state index contributed by atoms with van der Waals surface area (Å²) in [5.74, 6) is -0.145. The largest absolute Gasteiger partial charge is 0.497 e. The van der Waals surface area contributed by atoms with Gasteiger partial charge in [-0.15, -0.1) is 0 Å². The number of anilines is 1. The molecule has 0 saturated carbocycles. The molecular formula is C22H20N2O5S. The zero-order chi connectivity index (χ0) is 21.6. The third kappa shape index (κ3) is 5.05. The minimum Gasteiger partial charge on any atom is -0.497 e. The van der Waals surface area contributed by atoms with Crippen molar-refractivity contribution in [2.24, 2.45) is 0 Å². The highest BCUT2D eigenvalue weighted by molar-refractivity contribution is 7.92. The molecule has 3 rings (SSSR count). The molecule has 0 aliphatic heterocycles. The molecule has 0 radical (unpaired) electrons. The van der Waals surface area contributed by atoms with E-state index in [0.717, 1.165) is 5.56 Å². The highest BCUT2D eigenvalue weighted by Gasteiger charge is 2.15. The lowest BCUT2D eigenvalue weighted by molar-refractivity contribution is -0.124. The molecular weight excluding hydrogens is 404 g/mol. The first-order valence-electron chi connectivity index (χ1n) is 8.91. The Balaban J connectivity index is 1.95. The van der Waals surface area contributed by atoms with Gasteiger partial charge in [0, 0.05) is 11.8 Å². The molecule has 0 saturated heterocycles. The van der Waals surface area contributed by atoms with Gasteiger partial charge in [-0.3, -0.25) is 14.7 Å². The second-order valence-corrected chi connectivity index (χ2v) is 7.94. The van der Waals surface area contributed by atoms with E-state index in [-0.39, 0.29) is 4.90 Å². The van der Waals surface area contributed by atoms with Gasteiger partial charge in [-0.25, -0.2) is 13.9 Å². The van der Waals surface area contributed by atoms with E-state index >= 15 is 0 Å². The highest BCUT2D eigenvalue weighted by Crippen LogP contribution is 2.27. The second-order valence-electron chi connectivity index (χ2n) is 6.26. The molecule has 0 fully saturated rings. The number of hydrogen-bond acceptors (Lipinski definition) is 5. The van der Waals surface area contributed by atoms with Crippen LogP contribution in [-0.4, -0.2) is 26.6 Å². The third-order valence-corrected chi connectivity index (χ3v) is 5.66. The number of benzene rings is 3. The van der Waals surface area contributed by atoms with E-state index in [0.29, 0.717) is 22.6 Å². The number of nitrogens with one attached hydrogen (secondary N) is 2. The maximum absolute atomic E-state index is 12.7. The normalized spacial score (nSPS) is 11.6. The number of rotatable bonds is 7. The van der Waals surface area contributed by atoms with Crippen LogP contribution >= 0.6 is 0 Å². The van der Waals surface area contributed by atoms with Crippen LogP contribution in [0.3, 0.4) is 0 Å². The molecule has 0 atom stereocenters. The van der Waals surface area contributed by atoms with Crippen molar-refractivity contribution in [2.75, 3.05) is 11.8 Å². The van der Waals surface area contributed by atoms with Crippen LogP contribution in [0.5, 0.6) is 5.75 Å². The van der Waals surface area contributed by atoms with Gasteiger partial charge in [0.15, 0.2) is 0 Å². The minimum absolute atomic E-state index is 0.0900. The van der Waals surface area contributed by atoms with Crippen LogP contribution in [0, 0.1) is 0 Å². The van der Waals surface area contributed by atoms with Crippen molar-refractivity contribution >= 4 is 27.2 Å². The van der Waals surface area contributed by atoms with Crippen LogP contribution in [0.1, 0.15) is 11.1 Å². The van der Waals surface area contributed by atoms with E-state index in [1.807, 2.05) is 30.3 Å². The van der Waals surface area contributed by atoms with E-state index in [1.165, 1.54) is 25.3 Å². The molecule has 3 aromatic carbocycles. The fourth-order valence-corrected chi connectivity index (χ4v) is 3.88. The van der Waals surface area contributed by atoms with Gasteiger partial charge in [0.25, 0.3) is 15.9 Å². The first kappa shape index (κ1) is 21.1. The topological polar surface area (TPSA) is 105 Å². The summed E-state index contributed by atoms with van der Waals surface area (Å²) in [4.78, 5) is 11.9. The molecule has 0 aliphatic carbocycles. The zero-order valence-corrected chi connectivity index (χ0v) is 16.9. The number of methoxy groups -OCH3 is 1. The SMILES string of the molecule is COc1ccc(S(=O)(=O)Nc2cccc(/C(=C/C(=O)NO)c3ccccc3)c2)cc1. The summed E-state index contributed by atoms with van der Waals surface area (Å²) in [6.45, 7) is 0. The first-order valence-corrected chi connectivity index (χ1v) is 10.4. The molecule has 0 aliphatic rings. The third-order valence-electron chi connectivity index (χ3n) is 4.27. The molecule has 0 heterocycles. The van der Waals surface area contributed by atoms with Crippen molar-refractivity contribution < 1.29 is 23.2 Å². The Morgan fingerprint density at radius 3 is 2.23 bits per heavy atom. The Labute approximate surface area is 174 Å². The fourth-order valence-electron chi connectivity index (χ4n) is 2.83. The second kappa shape index (κ2) is 9.25. The van der Waals surface area contributed by atoms with Gasteiger partial charge in [0.2, 0.25) is 0 Å². The molecule has 0 spiro atoms. The maximum Gasteiger partial charge on any atom is 0.267 e. The Kier molecular flexibility index (Phi) is 6.51. The predicted molar refractivity (Wildman–Crippen MR) is 114 cm³/mol. The summed E-state index contributed by atoms with van der Waals surface area (Å²) in [6.07, 6.45) is 1.24. The number of amides is 1. The summed E-state index contributed by atoms with van der Waals surface area (Å²) in [5.41, 5.74) is 3.76. The molecule has 1 amide bonds. The number of hydrogen-bond donors (Lipinski definition) is 3. The number of ether oxygens (including phenoxy) is 1. The van der Waals surface area contributed by atoms with Crippen molar-refractivity contribution in [3.8, 4) is 5.75 Å². The van der Waals surface area contributed by atoms with Crippen molar-refractivity contribution in [3.05, 3.63) is 96.1 Å². The number of carbonyl (C=O) groups is 1. The molecule has 0 unspecified atom stereocenters. The molecule has 0 bridgehead atoms. The minimum atomic E-state index is -3.82. The average Bonchev–Trinajstić information content (AvgIpc) is 2.77. The first-order chi connectivity index (χ1) is 14.4. The molecule has 8 heteroatoms. The van der Waals surface area contributed by atoms with Crippen LogP contribution in [0.15, 0.2) is 89.8 Å². The molecule has 154 valence electrons. The summed E-state index contributed by atoms with van der Waals surface area (Å²) in [7, 11) is -2.32. The summed E-state index contributed by atoms with van der Waals surface area (Å²) in [5, 5.41) is 8.90. The van der Waals surface area contributed by atoms with Crippen molar-refractivity contribution in [2.45, 2.75) is 4.90 Å². The standard InChI is InChI=1S/C22H20N2O5S/c1-29-19-10-12-20(13-11-19)30(27,28)24-18-9-5-8-17(14-18)21(15-22(25)23-26)16-6-3-2-4-7-16/h2-15,24,26H,1H3,(H,23,25)/b21-15+. The average molecular weight is 424 g/mol. The van der Waals surface area contributed by atoms with Crippen molar-refractivity contribution in [1.82, 2.24) is 5.48 Å². The summed E-state index contributed by atoms with van der Waals surface area (Å²) in [6, 6.07) is 21.8. The Hall–Kier alpha value is -3.62. The maximum atomic E-state index is 12.7. The molecule has 30 heavy (non-hydrogen) atoms. The Morgan fingerprint density at radius 2 is 1.60 bits per heavy atom. The van der Waals surface area contributed by atoms with Gasteiger partial charge < -0.3 is 4.74 Å². The van der Waals surface area contributed by atoms with Gasteiger partial charge in [-0.1, -0.05) is 42.5 Å². The molecule has 7 nitrogen and oxygen atoms in total. The van der Waals surface area contributed by atoms with Gasteiger partial charge in [-0.05, 0) is 53.1 Å². The predicted octanol–water partition coefficient (Wildman–Crippen LogP) is 3.43. The Bertz CT molecular complexity index is 1160. The van der Waals surface area contributed by atoms with Gasteiger partial charge in [0.05, 0.1) is 12.0 Å². The van der Waals surface area contributed by atoms with Crippen molar-refractivity contribution in [3.63, 3.8) is 0 Å². The summed E-state index contributed by atoms with van der Waals surface area (Å²) >= 11 is 0. The summed E-state index contributed by atoms with van der Waals surface area (Å²) < 4.78 is 33.0.